The first-order valence-corrected chi connectivity index (χ1v) is 9.21. The molecule has 0 saturated carbocycles. The molecule has 2 aromatic carbocycles. The van der Waals surface area contributed by atoms with Crippen LogP contribution in [-0.2, 0) is 10.2 Å². The number of aryl methyl sites for hydroxylation is 1. The molecule has 1 N–H and O–H groups in total. The van der Waals surface area contributed by atoms with Crippen molar-refractivity contribution in [3.8, 4) is 17.2 Å². The lowest BCUT2D eigenvalue weighted by Gasteiger charge is -2.20. The molecule has 28 heavy (non-hydrogen) atoms. The van der Waals surface area contributed by atoms with Crippen molar-refractivity contribution in [2.24, 2.45) is 0 Å². The molecule has 0 aliphatic rings. The van der Waals surface area contributed by atoms with Gasteiger partial charge in [-0.3, -0.25) is 10.1 Å². The van der Waals surface area contributed by atoms with Gasteiger partial charge in [0.05, 0.1) is 0 Å². The molecule has 0 bridgehead atoms. The van der Waals surface area contributed by atoms with E-state index < -0.39 is 6.10 Å². The van der Waals surface area contributed by atoms with Crippen molar-refractivity contribution in [1.29, 1.82) is 0 Å². The minimum Gasteiger partial charge on any atom is -0.481 e. The number of ether oxygens (including phenoxy) is 1. The van der Waals surface area contributed by atoms with E-state index >= 15 is 0 Å². The predicted molar refractivity (Wildman–Crippen MR) is 108 cm³/mol. The lowest BCUT2D eigenvalue weighted by molar-refractivity contribution is -0.122. The zero-order valence-electron chi connectivity index (χ0n) is 16.8. The van der Waals surface area contributed by atoms with Crippen LogP contribution in [0.15, 0.2) is 53.1 Å². The molecular formula is C22H25N3O3. The summed E-state index contributed by atoms with van der Waals surface area (Å²) in [4.78, 5) is 16.6. The van der Waals surface area contributed by atoms with E-state index in [1.807, 2.05) is 55.5 Å². The van der Waals surface area contributed by atoms with Crippen LogP contribution in [0.4, 0.5) is 5.95 Å². The Hall–Kier alpha value is -3.15. The first kappa shape index (κ1) is 19.6. The first-order valence-electron chi connectivity index (χ1n) is 9.21. The highest BCUT2D eigenvalue weighted by atomic mass is 16.5. The van der Waals surface area contributed by atoms with E-state index in [4.69, 9.17) is 9.26 Å². The largest absolute Gasteiger partial charge is 0.481 e. The van der Waals surface area contributed by atoms with E-state index in [0.29, 0.717) is 11.6 Å². The topological polar surface area (TPSA) is 77.2 Å². The Kier molecular flexibility index (Phi) is 5.49. The van der Waals surface area contributed by atoms with Gasteiger partial charge in [0.25, 0.3) is 17.7 Å². The Morgan fingerprint density at radius 3 is 2.32 bits per heavy atom. The average Bonchev–Trinajstić information content (AvgIpc) is 3.10. The summed E-state index contributed by atoms with van der Waals surface area (Å²) < 4.78 is 10.9. The molecule has 6 heteroatoms. The number of hydrogen-bond donors (Lipinski definition) is 1. The van der Waals surface area contributed by atoms with Gasteiger partial charge in [-0.05, 0) is 54.2 Å². The lowest BCUT2D eigenvalue weighted by Crippen LogP contribution is -2.30. The fraction of sp³-hybridized carbons (Fsp3) is 0.318. The normalized spacial score (nSPS) is 12.5. The molecule has 6 nitrogen and oxygen atoms in total. The minimum atomic E-state index is -0.707. The number of nitrogens with zero attached hydrogens (tertiary/aromatic N) is 2. The minimum absolute atomic E-state index is 0.0648. The zero-order valence-corrected chi connectivity index (χ0v) is 16.8. The number of carbonyl (C=O) groups is 1. The molecule has 0 aliphatic carbocycles. The molecule has 1 atom stereocenters. The molecule has 3 aromatic rings. The van der Waals surface area contributed by atoms with Crippen molar-refractivity contribution in [2.75, 3.05) is 5.32 Å². The highest BCUT2D eigenvalue weighted by molar-refractivity contribution is 5.92. The number of carbonyl (C=O) groups excluding carboxylic acids is 1. The first-order chi connectivity index (χ1) is 13.2. The third-order valence-electron chi connectivity index (χ3n) is 4.36. The van der Waals surface area contributed by atoms with Gasteiger partial charge < -0.3 is 9.26 Å². The maximum absolute atomic E-state index is 12.4. The van der Waals surface area contributed by atoms with Gasteiger partial charge in [0.2, 0.25) is 0 Å². The van der Waals surface area contributed by atoms with Gasteiger partial charge in [0.15, 0.2) is 6.10 Å². The van der Waals surface area contributed by atoms with Crippen molar-refractivity contribution in [2.45, 2.75) is 46.1 Å². The number of nitrogens with one attached hydrogen (secondary N) is 1. The van der Waals surface area contributed by atoms with Crippen LogP contribution < -0.4 is 10.1 Å². The number of hydrogen-bond acceptors (Lipinski definition) is 5. The van der Waals surface area contributed by atoms with Crippen LogP contribution in [0, 0.1) is 6.92 Å². The fourth-order valence-corrected chi connectivity index (χ4v) is 2.59. The number of benzene rings is 2. The van der Waals surface area contributed by atoms with Crippen LogP contribution in [0.25, 0.3) is 11.5 Å². The second-order valence-electron chi connectivity index (χ2n) is 7.81. The van der Waals surface area contributed by atoms with Crippen LogP contribution in [0.1, 0.15) is 38.8 Å². The van der Waals surface area contributed by atoms with Crippen LogP contribution in [0.5, 0.6) is 5.75 Å². The smallest absolute Gasteiger partial charge is 0.270 e. The zero-order chi connectivity index (χ0) is 20.3. The summed E-state index contributed by atoms with van der Waals surface area (Å²) in [6.45, 7) is 10.1. The van der Waals surface area contributed by atoms with Gasteiger partial charge in [-0.2, -0.15) is 4.98 Å². The van der Waals surface area contributed by atoms with Gasteiger partial charge in [0.1, 0.15) is 5.75 Å². The lowest BCUT2D eigenvalue weighted by atomic mass is 9.87. The van der Waals surface area contributed by atoms with E-state index in [1.54, 1.807) is 6.92 Å². The second-order valence-corrected chi connectivity index (χ2v) is 7.81. The molecule has 0 aliphatic heterocycles. The van der Waals surface area contributed by atoms with Crippen molar-refractivity contribution in [3.05, 3.63) is 59.7 Å². The van der Waals surface area contributed by atoms with Crippen LogP contribution in [-0.4, -0.2) is 22.2 Å². The summed E-state index contributed by atoms with van der Waals surface area (Å²) in [6.07, 6.45) is -0.707. The summed E-state index contributed by atoms with van der Waals surface area (Å²) in [5.41, 5.74) is 3.20. The number of amides is 1. The molecule has 1 amide bonds. The second kappa shape index (κ2) is 7.84. The Morgan fingerprint density at radius 2 is 1.71 bits per heavy atom. The molecule has 1 heterocycles. The Bertz CT molecular complexity index is 938. The molecule has 0 fully saturated rings. The molecule has 1 aromatic heterocycles. The summed E-state index contributed by atoms with van der Waals surface area (Å²) in [5.74, 6) is 0.737. The Balaban J connectivity index is 1.61. The van der Waals surface area contributed by atoms with E-state index in [9.17, 15) is 4.79 Å². The molecule has 146 valence electrons. The fourth-order valence-electron chi connectivity index (χ4n) is 2.59. The molecule has 0 radical (unpaired) electrons. The van der Waals surface area contributed by atoms with Crippen molar-refractivity contribution in [3.63, 3.8) is 0 Å². The van der Waals surface area contributed by atoms with E-state index in [-0.39, 0.29) is 17.3 Å². The number of anilines is 1. The Morgan fingerprint density at radius 1 is 1.07 bits per heavy atom. The molecule has 0 saturated heterocycles. The van der Waals surface area contributed by atoms with E-state index in [0.717, 1.165) is 11.1 Å². The summed E-state index contributed by atoms with van der Waals surface area (Å²) in [5, 5.41) is 6.43. The SMILES string of the molecule is Cc1ccc(-c2nc(NC(=O)[C@H](C)Oc3ccc(C(C)(C)C)cc3)no2)cc1. The van der Waals surface area contributed by atoms with Crippen LogP contribution in [0.2, 0.25) is 0 Å². The van der Waals surface area contributed by atoms with Gasteiger partial charge >= 0.3 is 0 Å². The average molecular weight is 379 g/mol. The van der Waals surface area contributed by atoms with E-state index in [2.05, 4.69) is 36.2 Å². The van der Waals surface area contributed by atoms with Crippen LogP contribution in [0.3, 0.4) is 0 Å². The van der Waals surface area contributed by atoms with E-state index in [1.165, 1.54) is 5.56 Å². The third-order valence-corrected chi connectivity index (χ3v) is 4.36. The maximum Gasteiger partial charge on any atom is 0.270 e. The van der Waals surface area contributed by atoms with Gasteiger partial charge in [-0.15, -0.1) is 0 Å². The molecule has 0 spiro atoms. The highest BCUT2D eigenvalue weighted by Gasteiger charge is 2.19. The predicted octanol–water partition coefficient (Wildman–Crippen LogP) is 4.75. The Labute approximate surface area is 164 Å². The van der Waals surface area contributed by atoms with Gasteiger partial charge in [-0.25, -0.2) is 0 Å². The quantitative estimate of drug-likeness (QED) is 0.692. The van der Waals surface area contributed by atoms with Crippen molar-refractivity contribution >= 4 is 11.9 Å². The van der Waals surface area contributed by atoms with Gasteiger partial charge in [0, 0.05) is 5.56 Å². The summed E-state index contributed by atoms with van der Waals surface area (Å²) in [7, 11) is 0. The van der Waals surface area contributed by atoms with Crippen molar-refractivity contribution in [1.82, 2.24) is 10.1 Å². The monoisotopic (exact) mass is 379 g/mol. The number of rotatable bonds is 5. The van der Waals surface area contributed by atoms with Crippen molar-refractivity contribution < 1.29 is 14.1 Å². The van der Waals surface area contributed by atoms with Crippen LogP contribution >= 0.6 is 0 Å². The third kappa shape index (κ3) is 4.76. The number of aromatic nitrogens is 2. The standard InChI is InChI=1S/C22H25N3O3/c1-14-6-8-16(9-7-14)20-24-21(25-28-20)23-19(26)15(2)27-18-12-10-17(11-13-18)22(3,4)5/h6-13,15H,1-5H3,(H,23,25,26)/t15-/m0/s1. The summed E-state index contributed by atoms with van der Waals surface area (Å²) in [6, 6.07) is 15.4. The highest BCUT2D eigenvalue weighted by Crippen LogP contribution is 2.25. The van der Waals surface area contributed by atoms with Gasteiger partial charge in [-0.1, -0.05) is 50.6 Å². The molecule has 3 rings (SSSR count). The molecular weight excluding hydrogens is 354 g/mol. The maximum atomic E-state index is 12.4. The molecule has 0 unspecified atom stereocenters. The summed E-state index contributed by atoms with van der Waals surface area (Å²) >= 11 is 0.